The zero-order valence-electron chi connectivity index (χ0n) is 15.7. The van der Waals surface area contributed by atoms with E-state index >= 15 is 0 Å². The Morgan fingerprint density at radius 1 is 1.06 bits per heavy atom. The molecule has 31 heavy (non-hydrogen) atoms. The monoisotopic (exact) mass is 478 g/mol. The van der Waals surface area contributed by atoms with E-state index in [-0.39, 0.29) is 27.9 Å². The van der Waals surface area contributed by atoms with Crippen LogP contribution in [0.4, 0.5) is 20.2 Å². The Balaban J connectivity index is 1.69. The number of carbonyl (C=O) groups is 2. The topological polar surface area (TPSA) is 49.4 Å². The molecule has 4 nitrogen and oxygen atoms in total. The van der Waals surface area contributed by atoms with Gasteiger partial charge in [0.25, 0.3) is 5.91 Å². The van der Waals surface area contributed by atoms with Crippen molar-refractivity contribution in [2.45, 2.75) is 5.37 Å². The van der Waals surface area contributed by atoms with E-state index in [4.69, 9.17) is 23.2 Å². The number of anilines is 2. The second-order valence-electron chi connectivity index (χ2n) is 6.69. The van der Waals surface area contributed by atoms with Gasteiger partial charge in [-0.2, -0.15) is 0 Å². The predicted molar refractivity (Wildman–Crippen MR) is 120 cm³/mol. The number of carbonyl (C=O) groups excluding carboxylic acids is 2. The molecule has 0 aliphatic carbocycles. The molecule has 3 aromatic rings. The van der Waals surface area contributed by atoms with E-state index in [0.29, 0.717) is 16.3 Å². The van der Waals surface area contributed by atoms with E-state index in [9.17, 15) is 18.4 Å². The third kappa shape index (κ3) is 4.39. The maximum absolute atomic E-state index is 14.4. The first kappa shape index (κ1) is 21.6. The van der Waals surface area contributed by atoms with Crippen molar-refractivity contribution >= 4 is 58.2 Å². The molecule has 9 heteroatoms. The highest BCUT2D eigenvalue weighted by molar-refractivity contribution is 8.00. The highest BCUT2D eigenvalue weighted by Crippen LogP contribution is 2.45. The van der Waals surface area contributed by atoms with Gasteiger partial charge in [0.2, 0.25) is 5.91 Å². The Hall–Kier alpha value is -2.61. The molecule has 1 aliphatic rings. The Labute approximate surface area is 191 Å². The fraction of sp³-hybridized carbons (Fsp3) is 0.0909. The van der Waals surface area contributed by atoms with Gasteiger partial charge >= 0.3 is 0 Å². The normalized spacial score (nSPS) is 15.9. The molecule has 1 fully saturated rings. The van der Waals surface area contributed by atoms with Gasteiger partial charge in [0.15, 0.2) is 0 Å². The van der Waals surface area contributed by atoms with Crippen molar-refractivity contribution in [3.05, 3.63) is 93.5 Å². The van der Waals surface area contributed by atoms with Gasteiger partial charge < -0.3 is 5.32 Å². The molecule has 0 saturated carbocycles. The number of halogens is 4. The average molecular weight is 479 g/mol. The molecule has 1 N–H and O–H groups in total. The van der Waals surface area contributed by atoms with Crippen molar-refractivity contribution in [2.24, 2.45) is 0 Å². The average Bonchev–Trinajstić information content (AvgIpc) is 3.09. The van der Waals surface area contributed by atoms with E-state index in [2.05, 4.69) is 5.32 Å². The second kappa shape index (κ2) is 8.86. The van der Waals surface area contributed by atoms with Crippen LogP contribution >= 0.6 is 35.0 Å². The largest absolute Gasteiger partial charge is 0.322 e. The van der Waals surface area contributed by atoms with Crippen molar-refractivity contribution in [1.82, 2.24) is 0 Å². The zero-order valence-corrected chi connectivity index (χ0v) is 18.1. The lowest BCUT2D eigenvalue weighted by molar-refractivity contribution is -0.115. The first-order valence-corrected chi connectivity index (χ1v) is 10.9. The number of thioether (sulfide) groups is 1. The van der Waals surface area contributed by atoms with Crippen molar-refractivity contribution < 1.29 is 18.4 Å². The Bertz CT molecular complexity index is 1190. The van der Waals surface area contributed by atoms with E-state index in [1.54, 1.807) is 30.3 Å². The van der Waals surface area contributed by atoms with Crippen LogP contribution in [0.25, 0.3) is 0 Å². The van der Waals surface area contributed by atoms with Crippen molar-refractivity contribution in [2.75, 3.05) is 16.0 Å². The summed E-state index contributed by atoms with van der Waals surface area (Å²) >= 11 is 13.3. The lowest BCUT2D eigenvalue weighted by Crippen LogP contribution is -2.29. The minimum absolute atomic E-state index is 0.0247. The van der Waals surface area contributed by atoms with Gasteiger partial charge in [0.05, 0.1) is 22.0 Å². The number of nitrogens with one attached hydrogen (secondary N) is 1. The first-order chi connectivity index (χ1) is 14.8. The summed E-state index contributed by atoms with van der Waals surface area (Å²) in [5.41, 5.74) is 1.25. The van der Waals surface area contributed by atoms with Crippen LogP contribution < -0.4 is 10.2 Å². The highest BCUT2D eigenvalue weighted by atomic mass is 35.5. The lowest BCUT2D eigenvalue weighted by Gasteiger charge is -2.26. The molecule has 0 radical (unpaired) electrons. The lowest BCUT2D eigenvalue weighted by atomic mass is 10.1. The highest BCUT2D eigenvalue weighted by Gasteiger charge is 2.37. The van der Waals surface area contributed by atoms with E-state index in [0.717, 1.165) is 12.1 Å². The van der Waals surface area contributed by atoms with Crippen LogP contribution in [0.2, 0.25) is 10.0 Å². The van der Waals surface area contributed by atoms with Gasteiger partial charge in [-0.15, -0.1) is 11.8 Å². The summed E-state index contributed by atoms with van der Waals surface area (Å²) in [5, 5.41) is 2.80. The molecule has 2 amide bonds. The van der Waals surface area contributed by atoms with Gasteiger partial charge in [-0.05, 0) is 36.4 Å². The summed E-state index contributed by atoms with van der Waals surface area (Å²) in [7, 11) is 0. The van der Waals surface area contributed by atoms with Gasteiger partial charge in [-0.1, -0.05) is 41.4 Å². The fourth-order valence-corrected chi connectivity index (χ4v) is 4.98. The Morgan fingerprint density at radius 2 is 1.84 bits per heavy atom. The van der Waals surface area contributed by atoms with Crippen molar-refractivity contribution in [1.29, 1.82) is 0 Å². The number of hydrogen-bond acceptors (Lipinski definition) is 3. The molecule has 1 saturated heterocycles. The molecule has 0 spiro atoms. The SMILES string of the molecule is O=C(Nc1ccccc1C1SCC(=O)N1c1ccc(F)cc1F)c1ccc(Cl)cc1Cl. The van der Waals surface area contributed by atoms with Crippen LogP contribution in [-0.4, -0.2) is 17.6 Å². The van der Waals surface area contributed by atoms with Crippen molar-refractivity contribution in [3.8, 4) is 0 Å². The molecular weight excluding hydrogens is 465 g/mol. The van der Waals surface area contributed by atoms with Gasteiger partial charge in [-0.3, -0.25) is 14.5 Å². The smallest absolute Gasteiger partial charge is 0.257 e. The summed E-state index contributed by atoms with van der Waals surface area (Å²) in [6.07, 6.45) is 0. The van der Waals surface area contributed by atoms with Crippen LogP contribution in [0.15, 0.2) is 60.7 Å². The third-order valence-corrected chi connectivity index (χ3v) is 6.43. The quantitative estimate of drug-likeness (QED) is 0.478. The molecule has 1 unspecified atom stereocenters. The third-order valence-electron chi connectivity index (χ3n) is 4.69. The van der Waals surface area contributed by atoms with E-state index in [1.165, 1.54) is 34.9 Å². The number of hydrogen-bond donors (Lipinski definition) is 1. The molecule has 1 atom stereocenters. The molecular formula is C22H14Cl2F2N2O2S. The van der Waals surface area contributed by atoms with Crippen LogP contribution in [0, 0.1) is 11.6 Å². The van der Waals surface area contributed by atoms with Crippen LogP contribution in [0.5, 0.6) is 0 Å². The molecule has 1 aliphatic heterocycles. The second-order valence-corrected chi connectivity index (χ2v) is 8.60. The van der Waals surface area contributed by atoms with E-state index in [1.807, 2.05) is 0 Å². The molecule has 158 valence electrons. The van der Waals surface area contributed by atoms with Gasteiger partial charge in [-0.25, -0.2) is 8.78 Å². The zero-order chi connectivity index (χ0) is 22.1. The van der Waals surface area contributed by atoms with Gasteiger partial charge in [0.1, 0.15) is 17.0 Å². The van der Waals surface area contributed by atoms with E-state index < -0.39 is 22.9 Å². The molecule has 1 heterocycles. The first-order valence-electron chi connectivity index (χ1n) is 9.09. The summed E-state index contributed by atoms with van der Waals surface area (Å²) < 4.78 is 27.8. The van der Waals surface area contributed by atoms with Gasteiger partial charge in [0, 0.05) is 22.3 Å². The number of benzene rings is 3. The molecule has 3 aromatic carbocycles. The Morgan fingerprint density at radius 3 is 2.58 bits per heavy atom. The minimum atomic E-state index is -0.838. The molecule has 4 rings (SSSR count). The number of para-hydroxylation sites is 1. The molecule has 0 bridgehead atoms. The van der Waals surface area contributed by atoms with Crippen LogP contribution in [0.1, 0.15) is 21.3 Å². The standard InChI is InChI=1S/C22H14Cl2F2N2O2S/c23-12-5-7-14(16(24)9-12)21(30)27-18-4-2-1-3-15(18)22-28(20(29)11-31-22)19-8-6-13(25)10-17(19)26/h1-10,22H,11H2,(H,27,30). The minimum Gasteiger partial charge on any atom is -0.322 e. The predicted octanol–water partition coefficient (Wildman–Crippen LogP) is 6.30. The number of nitrogens with zero attached hydrogens (tertiary/aromatic N) is 1. The summed E-state index contributed by atoms with van der Waals surface area (Å²) in [5.74, 6) is -2.22. The summed E-state index contributed by atoms with van der Waals surface area (Å²) in [6.45, 7) is 0. The summed E-state index contributed by atoms with van der Waals surface area (Å²) in [6, 6.07) is 14.5. The maximum Gasteiger partial charge on any atom is 0.257 e. The number of amides is 2. The van der Waals surface area contributed by atoms with Crippen molar-refractivity contribution in [3.63, 3.8) is 0 Å². The number of rotatable bonds is 4. The Kier molecular flexibility index (Phi) is 6.18. The summed E-state index contributed by atoms with van der Waals surface area (Å²) in [4.78, 5) is 26.6. The van der Waals surface area contributed by atoms with Crippen LogP contribution in [-0.2, 0) is 4.79 Å². The molecule has 0 aromatic heterocycles. The fourth-order valence-electron chi connectivity index (χ4n) is 3.28. The van der Waals surface area contributed by atoms with Crippen LogP contribution in [0.3, 0.4) is 0 Å². The maximum atomic E-state index is 14.4.